The number of hydrogen-bond acceptors (Lipinski definition) is 3. The molecule has 120 valence electrons. The third-order valence-corrected chi connectivity index (χ3v) is 5.25. The van der Waals surface area contributed by atoms with Crippen molar-refractivity contribution in [2.75, 3.05) is 31.1 Å². The Morgan fingerprint density at radius 1 is 1.05 bits per heavy atom. The second-order valence-corrected chi connectivity index (χ2v) is 6.85. The maximum Gasteiger partial charge on any atom is 0.242 e. The van der Waals surface area contributed by atoms with Crippen molar-refractivity contribution in [2.45, 2.75) is 37.6 Å². The third-order valence-electron chi connectivity index (χ3n) is 4.93. The van der Waals surface area contributed by atoms with Crippen LogP contribution in [0.4, 0.5) is 5.69 Å². The predicted octanol–water partition coefficient (Wildman–Crippen LogP) is 2.65. The number of carbonyl (C=O) groups excluding carboxylic acids is 1. The largest absolute Gasteiger partial charge is 0.367 e. The van der Waals surface area contributed by atoms with E-state index in [1.165, 1.54) is 6.42 Å². The van der Waals surface area contributed by atoms with Crippen LogP contribution in [0.2, 0.25) is 5.02 Å². The molecule has 2 aliphatic rings. The van der Waals surface area contributed by atoms with Crippen LogP contribution < -0.4 is 10.6 Å². The average Bonchev–Trinajstić information content (AvgIpc) is 2.55. The van der Waals surface area contributed by atoms with E-state index in [1.54, 1.807) is 0 Å². The topological polar surface area (TPSA) is 49.6 Å². The number of nitrogens with zero attached hydrogens (tertiary/aromatic N) is 2. The summed E-state index contributed by atoms with van der Waals surface area (Å²) >= 11 is 6.26. The van der Waals surface area contributed by atoms with Crippen molar-refractivity contribution < 1.29 is 4.79 Å². The number of benzene rings is 1. The van der Waals surface area contributed by atoms with Gasteiger partial charge in [-0.1, -0.05) is 43.0 Å². The number of halogens is 1. The fraction of sp³-hybridized carbons (Fsp3) is 0.588. The molecule has 2 fully saturated rings. The summed E-state index contributed by atoms with van der Waals surface area (Å²) in [6, 6.07) is 7.87. The van der Waals surface area contributed by atoms with Crippen molar-refractivity contribution >= 4 is 23.2 Å². The molecule has 0 atom stereocenters. The van der Waals surface area contributed by atoms with E-state index in [9.17, 15) is 4.79 Å². The molecule has 1 heterocycles. The molecule has 1 saturated carbocycles. The molecule has 22 heavy (non-hydrogen) atoms. The van der Waals surface area contributed by atoms with Gasteiger partial charge >= 0.3 is 0 Å². The summed E-state index contributed by atoms with van der Waals surface area (Å²) in [5.74, 6) is 0.144. The molecule has 1 aromatic carbocycles. The van der Waals surface area contributed by atoms with Gasteiger partial charge in [0.05, 0.1) is 16.2 Å². The van der Waals surface area contributed by atoms with E-state index in [-0.39, 0.29) is 5.91 Å². The molecule has 1 amide bonds. The Bertz CT molecular complexity index is 534. The lowest BCUT2D eigenvalue weighted by Gasteiger charge is -2.41. The summed E-state index contributed by atoms with van der Waals surface area (Å²) in [7, 11) is 0. The summed E-state index contributed by atoms with van der Waals surface area (Å²) in [5.41, 5.74) is 6.81. The molecular formula is C17H24ClN3O. The summed E-state index contributed by atoms with van der Waals surface area (Å²) in [5, 5.41) is 0.768. The standard InChI is InChI=1S/C17H24ClN3O/c18-14-6-2-3-7-15(14)20-10-12-21(13-11-20)16(22)17(19)8-4-1-5-9-17/h2-3,6-7H,1,4-5,8-13,19H2. The lowest BCUT2D eigenvalue weighted by atomic mass is 9.81. The van der Waals surface area contributed by atoms with Crippen LogP contribution in [0.25, 0.3) is 0 Å². The third kappa shape index (κ3) is 3.08. The Hall–Kier alpha value is -1.26. The maximum atomic E-state index is 12.7. The van der Waals surface area contributed by atoms with E-state index >= 15 is 0 Å². The van der Waals surface area contributed by atoms with Crippen LogP contribution in [0.5, 0.6) is 0 Å². The van der Waals surface area contributed by atoms with E-state index in [0.717, 1.165) is 62.6 Å². The highest BCUT2D eigenvalue weighted by Gasteiger charge is 2.39. The van der Waals surface area contributed by atoms with E-state index in [1.807, 2.05) is 29.2 Å². The number of para-hydroxylation sites is 1. The van der Waals surface area contributed by atoms with Gasteiger partial charge in [-0.3, -0.25) is 4.79 Å². The van der Waals surface area contributed by atoms with Gasteiger partial charge in [-0.25, -0.2) is 0 Å². The van der Waals surface area contributed by atoms with Crippen LogP contribution in [0.15, 0.2) is 24.3 Å². The molecule has 1 aromatic rings. The number of amides is 1. The van der Waals surface area contributed by atoms with Gasteiger partial charge in [0.15, 0.2) is 0 Å². The monoisotopic (exact) mass is 321 g/mol. The normalized spacial score (nSPS) is 21.7. The van der Waals surface area contributed by atoms with Gasteiger partial charge in [0.1, 0.15) is 0 Å². The first kappa shape index (κ1) is 15.6. The van der Waals surface area contributed by atoms with E-state index < -0.39 is 5.54 Å². The number of hydrogen-bond donors (Lipinski definition) is 1. The fourth-order valence-electron chi connectivity index (χ4n) is 3.57. The quantitative estimate of drug-likeness (QED) is 0.911. The number of nitrogens with two attached hydrogens (primary N) is 1. The molecule has 0 unspecified atom stereocenters. The summed E-state index contributed by atoms with van der Waals surface area (Å²) in [6.07, 6.45) is 5.00. The molecule has 5 heteroatoms. The summed E-state index contributed by atoms with van der Waals surface area (Å²) in [4.78, 5) is 16.9. The van der Waals surface area contributed by atoms with Crippen LogP contribution >= 0.6 is 11.6 Å². The Morgan fingerprint density at radius 3 is 2.32 bits per heavy atom. The lowest BCUT2D eigenvalue weighted by Crippen LogP contribution is -2.60. The summed E-state index contributed by atoms with van der Waals surface area (Å²) < 4.78 is 0. The number of anilines is 1. The average molecular weight is 322 g/mol. The number of rotatable bonds is 2. The zero-order chi connectivity index (χ0) is 15.6. The Labute approximate surface area is 137 Å². The van der Waals surface area contributed by atoms with Crippen molar-refractivity contribution in [2.24, 2.45) is 5.73 Å². The van der Waals surface area contributed by atoms with Gasteiger partial charge in [-0.05, 0) is 25.0 Å². The van der Waals surface area contributed by atoms with Crippen LogP contribution in [0.1, 0.15) is 32.1 Å². The number of carbonyl (C=O) groups is 1. The molecule has 1 aliphatic carbocycles. The molecular weight excluding hydrogens is 298 g/mol. The lowest BCUT2D eigenvalue weighted by molar-refractivity contribution is -0.138. The van der Waals surface area contributed by atoms with Gasteiger partial charge in [-0.2, -0.15) is 0 Å². The summed E-state index contributed by atoms with van der Waals surface area (Å²) in [6.45, 7) is 3.07. The highest BCUT2D eigenvalue weighted by atomic mass is 35.5. The minimum atomic E-state index is -0.620. The highest BCUT2D eigenvalue weighted by Crippen LogP contribution is 2.29. The van der Waals surface area contributed by atoms with Crippen LogP contribution in [-0.2, 0) is 4.79 Å². The number of piperazine rings is 1. The Morgan fingerprint density at radius 2 is 1.68 bits per heavy atom. The molecule has 0 spiro atoms. The van der Waals surface area contributed by atoms with E-state index in [2.05, 4.69) is 4.90 Å². The Kier molecular flexibility index (Phi) is 4.59. The first-order valence-corrected chi connectivity index (χ1v) is 8.56. The molecule has 1 saturated heterocycles. The van der Waals surface area contributed by atoms with Gasteiger partial charge in [0, 0.05) is 26.2 Å². The van der Waals surface area contributed by atoms with Gasteiger partial charge in [-0.15, -0.1) is 0 Å². The van der Waals surface area contributed by atoms with E-state index in [4.69, 9.17) is 17.3 Å². The van der Waals surface area contributed by atoms with Crippen LogP contribution in [0.3, 0.4) is 0 Å². The Balaban J connectivity index is 1.62. The zero-order valence-corrected chi connectivity index (χ0v) is 13.7. The fourth-order valence-corrected chi connectivity index (χ4v) is 3.83. The van der Waals surface area contributed by atoms with Gasteiger partial charge < -0.3 is 15.5 Å². The van der Waals surface area contributed by atoms with Crippen molar-refractivity contribution in [3.63, 3.8) is 0 Å². The zero-order valence-electron chi connectivity index (χ0n) is 12.9. The van der Waals surface area contributed by atoms with Gasteiger partial charge in [0.2, 0.25) is 5.91 Å². The maximum absolute atomic E-state index is 12.7. The molecule has 0 bridgehead atoms. The van der Waals surface area contributed by atoms with Crippen molar-refractivity contribution in [3.8, 4) is 0 Å². The molecule has 0 radical (unpaired) electrons. The van der Waals surface area contributed by atoms with Gasteiger partial charge in [0.25, 0.3) is 0 Å². The first-order valence-electron chi connectivity index (χ1n) is 8.18. The van der Waals surface area contributed by atoms with Crippen molar-refractivity contribution in [3.05, 3.63) is 29.3 Å². The molecule has 2 N–H and O–H groups in total. The SMILES string of the molecule is NC1(C(=O)N2CCN(c3ccccc3Cl)CC2)CCCCC1. The minimum absolute atomic E-state index is 0.144. The molecule has 3 rings (SSSR count). The molecule has 1 aliphatic heterocycles. The van der Waals surface area contributed by atoms with Crippen LogP contribution in [0, 0.1) is 0 Å². The minimum Gasteiger partial charge on any atom is -0.367 e. The van der Waals surface area contributed by atoms with Crippen LogP contribution in [-0.4, -0.2) is 42.5 Å². The second kappa shape index (κ2) is 6.47. The first-order chi connectivity index (χ1) is 10.6. The molecule has 0 aromatic heterocycles. The van der Waals surface area contributed by atoms with E-state index in [0.29, 0.717) is 0 Å². The highest BCUT2D eigenvalue weighted by molar-refractivity contribution is 6.33. The van der Waals surface area contributed by atoms with Crippen molar-refractivity contribution in [1.29, 1.82) is 0 Å². The second-order valence-electron chi connectivity index (χ2n) is 6.45. The van der Waals surface area contributed by atoms with Crippen molar-refractivity contribution in [1.82, 2.24) is 4.90 Å². The molecule has 4 nitrogen and oxygen atoms in total. The smallest absolute Gasteiger partial charge is 0.242 e. The predicted molar refractivity (Wildman–Crippen MR) is 90.2 cm³/mol.